The third-order valence-electron chi connectivity index (χ3n) is 2.93. The fourth-order valence-electron chi connectivity index (χ4n) is 1.82. The van der Waals surface area contributed by atoms with Gasteiger partial charge in [0.2, 0.25) is 0 Å². The molecule has 0 fully saturated rings. The van der Waals surface area contributed by atoms with E-state index in [0.29, 0.717) is 16.5 Å². The smallest absolute Gasteiger partial charge is 0.264 e. The number of anilines is 1. The molecule has 0 heterocycles. The van der Waals surface area contributed by atoms with Crippen molar-refractivity contribution in [2.75, 3.05) is 11.9 Å². The summed E-state index contributed by atoms with van der Waals surface area (Å²) >= 11 is 17.8. The highest BCUT2D eigenvalue weighted by molar-refractivity contribution is 9.10. The molecule has 2 aromatic rings. The first-order valence-electron chi connectivity index (χ1n) is 6.80. The Morgan fingerprint density at radius 2 is 2.00 bits per heavy atom. The Hall–Kier alpha value is -1.15. The normalized spacial score (nSPS) is 10.2. The Labute approximate surface area is 167 Å². The van der Waals surface area contributed by atoms with Crippen molar-refractivity contribution in [3.05, 3.63) is 55.9 Å². The Kier molecular flexibility index (Phi) is 7.03. The zero-order valence-electron chi connectivity index (χ0n) is 12.5. The van der Waals surface area contributed by atoms with Crippen LogP contribution in [0.4, 0.5) is 5.69 Å². The zero-order chi connectivity index (χ0) is 17.7. The SMILES string of the molecule is Cc1cc(Br)ccc1OCC(=O)NC(=S)Nc1ccc(Br)c(Cl)c1. The molecule has 0 radical (unpaired) electrons. The molecule has 2 aromatic carbocycles. The number of ether oxygens (including phenoxy) is 1. The molecular formula is C16H13Br2ClN2O2S. The Morgan fingerprint density at radius 3 is 2.67 bits per heavy atom. The van der Waals surface area contributed by atoms with Gasteiger partial charge in [0.15, 0.2) is 11.7 Å². The second-order valence-corrected chi connectivity index (χ2v) is 7.42. The summed E-state index contributed by atoms with van der Waals surface area (Å²) in [6.07, 6.45) is 0. The first-order valence-corrected chi connectivity index (χ1v) is 9.17. The number of aryl methyl sites for hydroxylation is 1. The fraction of sp³-hybridized carbons (Fsp3) is 0.125. The molecular weight excluding hydrogens is 480 g/mol. The standard InChI is InChI=1S/C16H13Br2ClN2O2S/c1-9-6-10(17)2-5-14(9)23-8-15(22)21-16(24)20-11-3-4-12(18)13(19)7-11/h2-7H,8H2,1H3,(H2,20,21,22,24). The molecule has 0 spiro atoms. The molecule has 24 heavy (non-hydrogen) atoms. The van der Waals surface area contributed by atoms with Crippen LogP contribution in [0.3, 0.4) is 0 Å². The highest BCUT2D eigenvalue weighted by Crippen LogP contribution is 2.25. The monoisotopic (exact) mass is 490 g/mol. The van der Waals surface area contributed by atoms with Gasteiger partial charge in [0.1, 0.15) is 5.75 Å². The lowest BCUT2D eigenvalue weighted by molar-refractivity contribution is -0.121. The number of carbonyl (C=O) groups is 1. The number of carbonyl (C=O) groups excluding carboxylic acids is 1. The van der Waals surface area contributed by atoms with Crippen LogP contribution in [0.1, 0.15) is 5.56 Å². The number of benzene rings is 2. The quantitative estimate of drug-likeness (QED) is 0.586. The molecule has 126 valence electrons. The van der Waals surface area contributed by atoms with E-state index in [-0.39, 0.29) is 17.6 Å². The van der Waals surface area contributed by atoms with Crippen molar-refractivity contribution in [3.8, 4) is 5.75 Å². The van der Waals surface area contributed by atoms with E-state index in [1.807, 2.05) is 19.1 Å². The molecule has 1 amide bonds. The van der Waals surface area contributed by atoms with Crippen molar-refractivity contribution >= 4 is 72.4 Å². The topological polar surface area (TPSA) is 50.4 Å². The second-order valence-electron chi connectivity index (χ2n) is 4.83. The Bertz CT molecular complexity index is 787. The van der Waals surface area contributed by atoms with E-state index in [1.165, 1.54) is 0 Å². The van der Waals surface area contributed by atoms with Crippen LogP contribution in [0.15, 0.2) is 45.3 Å². The maximum Gasteiger partial charge on any atom is 0.264 e. The average molecular weight is 493 g/mol. The zero-order valence-corrected chi connectivity index (χ0v) is 17.3. The third-order valence-corrected chi connectivity index (χ3v) is 4.86. The lowest BCUT2D eigenvalue weighted by atomic mass is 10.2. The van der Waals surface area contributed by atoms with Crippen LogP contribution in [0.25, 0.3) is 0 Å². The fourth-order valence-corrected chi connectivity index (χ4v) is 2.95. The summed E-state index contributed by atoms with van der Waals surface area (Å²) < 4.78 is 7.23. The highest BCUT2D eigenvalue weighted by atomic mass is 79.9. The molecule has 0 atom stereocenters. The molecule has 4 nitrogen and oxygen atoms in total. The predicted octanol–water partition coefficient (Wildman–Crippen LogP) is 5.07. The van der Waals surface area contributed by atoms with Gasteiger partial charge in [0, 0.05) is 14.6 Å². The highest BCUT2D eigenvalue weighted by Gasteiger charge is 2.08. The van der Waals surface area contributed by atoms with Gasteiger partial charge in [-0.2, -0.15) is 0 Å². The molecule has 0 saturated heterocycles. The molecule has 2 N–H and O–H groups in total. The predicted molar refractivity (Wildman–Crippen MR) is 108 cm³/mol. The summed E-state index contributed by atoms with van der Waals surface area (Å²) in [5.41, 5.74) is 1.61. The van der Waals surface area contributed by atoms with Crippen LogP contribution < -0.4 is 15.4 Å². The molecule has 0 aliphatic heterocycles. The van der Waals surface area contributed by atoms with E-state index >= 15 is 0 Å². The summed E-state index contributed by atoms with van der Waals surface area (Å²) in [5, 5.41) is 6.17. The van der Waals surface area contributed by atoms with Gasteiger partial charge in [-0.1, -0.05) is 27.5 Å². The van der Waals surface area contributed by atoms with Crippen molar-refractivity contribution in [3.63, 3.8) is 0 Å². The minimum Gasteiger partial charge on any atom is -0.483 e. The van der Waals surface area contributed by atoms with Gasteiger partial charge in [-0.25, -0.2) is 0 Å². The van der Waals surface area contributed by atoms with Crippen LogP contribution >= 0.6 is 55.7 Å². The first-order chi connectivity index (χ1) is 11.3. The number of halogens is 3. The van der Waals surface area contributed by atoms with Crippen molar-refractivity contribution < 1.29 is 9.53 Å². The minimum absolute atomic E-state index is 0.134. The third kappa shape index (κ3) is 5.73. The summed E-state index contributed by atoms with van der Waals surface area (Å²) in [4.78, 5) is 11.9. The molecule has 0 aliphatic rings. The Balaban J connectivity index is 1.85. The van der Waals surface area contributed by atoms with E-state index in [4.69, 9.17) is 28.6 Å². The maximum absolute atomic E-state index is 11.9. The van der Waals surface area contributed by atoms with Crippen molar-refractivity contribution in [2.45, 2.75) is 6.92 Å². The number of nitrogens with one attached hydrogen (secondary N) is 2. The molecule has 2 rings (SSSR count). The van der Waals surface area contributed by atoms with Crippen LogP contribution in [0.5, 0.6) is 5.75 Å². The number of rotatable bonds is 4. The maximum atomic E-state index is 11.9. The molecule has 0 aromatic heterocycles. The summed E-state index contributed by atoms with van der Waals surface area (Å²) in [6, 6.07) is 10.8. The molecule has 0 unspecified atom stereocenters. The molecule has 0 aliphatic carbocycles. The van der Waals surface area contributed by atoms with Gasteiger partial charge in [-0.05, 0) is 77.0 Å². The van der Waals surface area contributed by atoms with Gasteiger partial charge in [-0.3, -0.25) is 10.1 Å². The van der Waals surface area contributed by atoms with Gasteiger partial charge in [-0.15, -0.1) is 0 Å². The van der Waals surface area contributed by atoms with E-state index in [0.717, 1.165) is 14.5 Å². The average Bonchev–Trinajstić information content (AvgIpc) is 2.50. The van der Waals surface area contributed by atoms with Crippen molar-refractivity contribution in [1.29, 1.82) is 0 Å². The van der Waals surface area contributed by atoms with Gasteiger partial charge in [0.25, 0.3) is 5.91 Å². The second kappa shape index (κ2) is 8.80. The molecule has 8 heteroatoms. The molecule has 0 saturated carbocycles. The van der Waals surface area contributed by atoms with E-state index < -0.39 is 0 Å². The van der Waals surface area contributed by atoms with Crippen LogP contribution in [0.2, 0.25) is 5.02 Å². The van der Waals surface area contributed by atoms with Crippen LogP contribution in [-0.4, -0.2) is 17.6 Å². The first kappa shape index (κ1) is 19.2. The van der Waals surface area contributed by atoms with E-state index in [1.54, 1.807) is 24.3 Å². The lowest BCUT2D eigenvalue weighted by Gasteiger charge is -2.12. The number of hydrogen-bond donors (Lipinski definition) is 2. The molecule has 0 bridgehead atoms. The van der Waals surface area contributed by atoms with E-state index in [2.05, 4.69) is 42.5 Å². The Morgan fingerprint density at radius 1 is 1.25 bits per heavy atom. The summed E-state index contributed by atoms with van der Waals surface area (Å²) in [6.45, 7) is 1.77. The number of thiocarbonyl (C=S) groups is 1. The van der Waals surface area contributed by atoms with Crippen molar-refractivity contribution in [2.24, 2.45) is 0 Å². The summed E-state index contributed by atoms with van der Waals surface area (Å²) in [5.74, 6) is 0.296. The summed E-state index contributed by atoms with van der Waals surface area (Å²) in [7, 11) is 0. The van der Waals surface area contributed by atoms with E-state index in [9.17, 15) is 4.79 Å². The minimum atomic E-state index is -0.349. The van der Waals surface area contributed by atoms with Crippen LogP contribution in [-0.2, 0) is 4.79 Å². The van der Waals surface area contributed by atoms with Gasteiger partial charge < -0.3 is 10.1 Å². The largest absolute Gasteiger partial charge is 0.483 e. The van der Waals surface area contributed by atoms with Crippen LogP contribution in [0, 0.1) is 6.92 Å². The number of amides is 1. The van der Waals surface area contributed by atoms with Crippen molar-refractivity contribution in [1.82, 2.24) is 5.32 Å². The lowest BCUT2D eigenvalue weighted by Crippen LogP contribution is -2.37. The van der Waals surface area contributed by atoms with Gasteiger partial charge >= 0.3 is 0 Å². The number of hydrogen-bond acceptors (Lipinski definition) is 3. The van der Waals surface area contributed by atoms with Gasteiger partial charge in [0.05, 0.1) is 5.02 Å².